The summed E-state index contributed by atoms with van der Waals surface area (Å²) < 4.78 is 11.2. The van der Waals surface area contributed by atoms with Crippen LogP contribution >= 0.6 is 0 Å². The molecule has 0 N–H and O–H groups in total. The molecule has 1 saturated heterocycles. The predicted octanol–water partition coefficient (Wildman–Crippen LogP) is 3.63. The summed E-state index contributed by atoms with van der Waals surface area (Å²) in [6.07, 6.45) is 2.18. The molecule has 0 radical (unpaired) electrons. The number of amides is 1. The second-order valence-electron chi connectivity index (χ2n) is 7.83. The maximum Gasteiger partial charge on any atom is 0.410 e. The number of morpholine rings is 1. The van der Waals surface area contributed by atoms with Crippen LogP contribution in [0.4, 0.5) is 4.79 Å². The zero-order valence-corrected chi connectivity index (χ0v) is 16.4. The molecule has 6 nitrogen and oxygen atoms in total. The predicted molar refractivity (Wildman–Crippen MR) is 103 cm³/mol. The highest BCUT2D eigenvalue weighted by Crippen LogP contribution is 2.21. The van der Waals surface area contributed by atoms with Crippen molar-refractivity contribution >= 4 is 6.09 Å². The average Bonchev–Trinajstić information content (AvgIpc) is 2.61. The van der Waals surface area contributed by atoms with Gasteiger partial charge in [0, 0.05) is 24.0 Å². The van der Waals surface area contributed by atoms with Gasteiger partial charge in [-0.25, -0.2) is 14.8 Å². The molecule has 1 amide bonds. The third-order valence-electron chi connectivity index (χ3n) is 4.31. The number of ether oxygens (including phenoxy) is 2. The number of hydrogen-bond acceptors (Lipinski definition) is 5. The Balaban J connectivity index is 1.76. The van der Waals surface area contributed by atoms with Crippen LogP contribution in [-0.4, -0.2) is 52.4 Å². The lowest BCUT2D eigenvalue weighted by molar-refractivity contribution is -0.0319. The van der Waals surface area contributed by atoms with E-state index in [1.807, 2.05) is 45.9 Å². The monoisotopic (exact) mass is 369 g/mol. The van der Waals surface area contributed by atoms with Crippen molar-refractivity contribution in [3.8, 4) is 11.4 Å². The van der Waals surface area contributed by atoms with Crippen molar-refractivity contribution in [2.45, 2.75) is 45.8 Å². The van der Waals surface area contributed by atoms with E-state index in [2.05, 4.69) is 22.1 Å². The number of rotatable bonds is 3. The number of carbonyl (C=O) groups is 1. The Hall–Kier alpha value is -2.47. The van der Waals surface area contributed by atoms with Crippen molar-refractivity contribution in [1.29, 1.82) is 0 Å². The molecule has 0 aliphatic carbocycles. The van der Waals surface area contributed by atoms with Crippen LogP contribution in [0.1, 0.15) is 32.0 Å². The van der Waals surface area contributed by atoms with Gasteiger partial charge in [-0.1, -0.05) is 18.2 Å². The molecule has 1 unspecified atom stereocenters. The lowest BCUT2D eigenvalue weighted by Gasteiger charge is -2.36. The lowest BCUT2D eigenvalue weighted by atomic mass is 10.0. The van der Waals surface area contributed by atoms with Crippen molar-refractivity contribution in [3.63, 3.8) is 0 Å². The second-order valence-corrected chi connectivity index (χ2v) is 7.83. The maximum atomic E-state index is 12.6. The Kier molecular flexibility index (Phi) is 5.75. The fourth-order valence-corrected chi connectivity index (χ4v) is 3.08. The van der Waals surface area contributed by atoms with Crippen LogP contribution in [0.15, 0.2) is 36.5 Å². The summed E-state index contributed by atoms with van der Waals surface area (Å²) >= 11 is 0. The van der Waals surface area contributed by atoms with Gasteiger partial charge in [0.1, 0.15) is 5.60 Å². The SMILES string of the molecule is Cc1ccnc(-c2cccc(CC3COCCN3C(=O)OC(C)(C)C)c2)n1. The van der Waals surface area contributed by atoms with E-state index < -0.39 is 5.60 Å². The van der Waals surface area contributed by atoms with Gasteiger partial charge in [-0.05, 0) is 51.8 Å². The molecule has 3 rings (SSSR count). The summed E-state index contributed by atoms with van der Waals surface area (Å²) in [6, 6.07) is 9.96. The molecule has 0 bridgehead atoms. The fraction of sp³-hybridized carbons (Fsp3) is 0.476. The molecule has 6 heteroatoms. The second kappa shape index (κ2) is 8.05. The van der Waals surface area contributed by atoms with Crippen LogP contribution in [-0.2, 0) is 15.9 Å². The molecule has 1 aromatic heterocycles. The molecule has 2 heterocycles. The maximum absolute atomic E-state index is 12.6. The first-order chi connectivity index (χ1) is 12.8. The zero-order chi connectivity index (χ0) is 19.4. The van der Waals surface area contributed by atoms with E-state index in [-0.39, 0.29) is 12.1 Å². The summed E-state index contributed by atoms with van der Waals surface area (Å²) in [7, 11) is 0. The standard InChI is InChI=1S/C21H27N3O3/c1-15-8-9-22-19(23-15)17-7-5-6-16(12-17)13-18-14-26-11-10-24(18)20(25)27-21(2,3)4/h5-9,12,18H,10-11,13-14H2,1-4H3. The minimum Gasteiger partial charge on any atom is -0.444 e. The van der Waals surface area contributed by atoms with Crippen molar-refractivity contribution in [1.82, 2.24) is 14.9 Å². The van der Waals surface area contributed by atoms with Gasteiger partial charge < -0.3 is 14.4 Å². The minimum atomic E-state index is -0.512. The van der Waals surface area contributed by atoms with Crippen LogP contribution in [0.3, 0.4) is 0 Å². The van der Waals surface area contributed by atoms with Gasteiger partial charge in [0.05, 0.1) is 19.3 Å². The Morgan fingerprint density at radius 3 is 2.89 bits per heavy atom. The largest absolute Gasteiger partial charge is 0.444 e. The van der Waals surface area contributed by atoms with Gasteiger partial charge in [0.2, 0.25) is 0 Å². The number of hydrogen-bond donors (Lipinski definition) is 0. The highest BCUT2D eigenvalue weighted by Gasteiger charge is 2.31. The van der Waals surface area contributed by atoms with Crippen LogP contribution in [0.2, 0.25) is 0 Å². The highest BCUT2D eigenvalue weighted by molar-refractivity contribution is 5.68. The van der Waals surface area contributed by atoms with Crippen molar-refractivity contribution in [2.24, 2.45) is 0 Å². The van der Waals surface area contributed by atoms with Gasteiger partial charge in [0.25, 0.3) is 0 Å². The fourth-order valence-electron chi connectivity index (χ4n) is 3.08. The summed E-state index contributed by atoms with van der Waals surface area (Å²) in [5.41, 5.74) is 2.50. The van der Waals surface area contributed by atoms with Crippen LogP contribution in [0.25, 0.3) is 11.4 Å². The number of benzene rings is 1. The Bertz CT molecular complexity index is 801. The lowest BCUT2D eigenvalue weighted by Crippen LogP contribution is -2.51. The molecule has 1 fully saturated rings. The molecular weight excluding hydrogens is 342 g/mol. The summed E-state index contributed by atoms with van der Waals surface area (Å²) in [5, 5.41) is 0. The molecule has 27 heavy (non-hydrogen) atoms. The Labute approximate surface area is 160 Å². The van der Waals surface area contributed by atoms with Gasteiger partial charge >= 0.3 is 6.09 Å². The van der Waals surface area contributed by atoms with E-state index in [1.54, 1.807) is 11.1 Å². The van der Waals surface area contributed by atoms with Crippen molar-refractivity contribution in [2.75, 3.05) is 19.8 Å². The Morgan fingerprint density at radius 2 is 2.15 bits per heavy atom. The van der Waals surface area contributed by atoms with Crippen LogP contribution in [0.5, 0.6) is 0 Å². The molecule has 2 aromatic rings. The minimum absolute atomic E-state index is 0.0534. The van der Waals surface area contributed by atoms with Crippen molar-refractivity contribution < 1.29 is 14.3 Å². The number of carbonyl (C=O) groups excluding carboxylic acids is 1. The molecule has 1 aromatic carbocycles. The zero-order valence-electron chi connectivity index (χ0n) is 16.4. The highest BCUT2D eigenvalue weighted by atomic mass is 16.6. The van der Waals surface area contributed by atoms with Crippen LogP contribution in [0, 0.1) is 6.92 Å². The summed E-state index contributed by atoms with van der Waals surface area (Å²) in [4.78, 5) is 23.2. The van der Waals surface area contributed by atoms with E-state index in [0.717, 1.165) is 16.8 Å². The first-order valence-corrected chi connectivity index (χ1v) is 9.28. The molecule has 144 valence electrons. The molecule has 1 aliphatic rings. The van der Waals surface area contributed by atoms with Gasteiger partial charge in [-0.15, -0.1) is 0 Å². The normalized spacial score (nSPS) is 17.6. The smallest absolute Gasteiger partial charge is 0.410 e. The van der Waals surface area contributed by atoms with Gasteiger partial charge in [-0.3, -0.25) is 0 Å². The van der Waals surface area contributed by atoms with E-state index in [0.29, 0.717) is 32.0 Å². The van der Waals surface area contributed by atoms with E-state index in [1.165, 1.54) is 0 Å². The van der Waals surface area contributed by atoms with E-state index in [9.17, 15) is 4.79 Å². The van der Waals surface area contributed by atoms with Crippen molar-refractivity contribution in [3.05, 3.63) is 47.8 Å². The first kappa shape index (κ1) is 19.3. The number of aromatic nitrogens is 2. The molecule has 0 saturated carbocycles. The quantitative estimate of drug-likeness (QED) is 0.827. The molecule has 1 aliphatic heterocycles. The third kappa shape index (κ3) is 5.26. The van der Waals surface area contributed by atoms with E-state index in [4.69, 9.17) is 9.47 Å². The number of aryl methyl sites for hydroxylation is 1. The topological polar surface area (TPSA) is 64.5 Å². The first-order valence-electron chi connectivity index (χ1n) is 9.28. The molecule has 1 atom stereocenters. The third-order valence-corrected chi connectivity index (χ3v) is 4.31. The Morgan fingerprint density at radius 1 is 1.33 bits per heavy atom. The molecular formula is C21H27N3O3. The van der Waals surface area contributed by atoms with Gasteiger partial charge in [-0.2, -0.15) is 0 Å². The van der Waals surface area contributed by atoms with E-state index >= 15 is 0 Å². The van der Waals surface area contributed by atoms with Crippen LogP contribution < -0.4 is 0 Å². The summed E-state index contributed by atoms with van der Waals surface area (Å²) in [6.45, 7) is 9.17. The average molecular weight is 369 g/mol. The molecule has 0 spiro atoms. The summed E-state index contributed by atoms with van der Waals surface area (Å²) in [5.74, 6) is 0.709. The van der Waals surface area contributed by atoms with Gasteiger partial charge in [0.15, 0.2) is 5.82 Å². The number of nitrogens with zero attached hydrogens (tertiary/aromatic N) is 3.